The van der Waals surface area contributed by atoms with Crippen LogP contribution in [0.3, 0.4) is 0 Å². The molecule has 0 fully saturated rings. The van der Waals surface area contributed by atoms with Crippen LogP contribution in [0.1, 0.15) is 22.3 Å². The fourth-order valence-corrected chi connectivity index (χ4v) is 5.72. The number of hydrogen-bond acceptors (Lipinski definition) is 0. The molecule has 0 heterocycles. The summed E-state index contributed by atoms with van der Waals surface area (Å²) in [7, 11) is -1.74. The van der Waals surface area contributed by atoms with Gasteiger partial charge in [-0.05, 0) is 46.8 Å². The Bertz CT molecular complexity index is 980. The van der Waals surface area contributed by atoms with E-state index in [4.69, 9.17) is 0 Å². The van der Waals surface area contributed by atoms with Gasteiger partial charge in [-0.2, -0.15) is 0 Å². The van der Waals surface area contributed by atoms with E-state index in [1.807, 2.05) is 0 Å². The van der Waals surface area contributed by atoms with Gasteiger partial charge in [0.1, 0.15) is 0 Å². The van der Waals surface area contributed by atoms with Crippen LogP contribution < -0.4 is 10.4 Å². The molecule has 138 valence electrons. The minimum atomic E-state index is -0.871. The summed E-state index contributed by atoms with van der Waals surface area (Å²) in [5, 5.41) is 2.87. The second-order valence-electron chi connectivity index (χ2n) is 7.56. The molecule has 0 bridgehead atoms. The predicted octanol–water partition coefficient (Wildman–Crippen LogP) is 3.87. The van der Waals surface area contributed by atoms with Crippen molar-refractivity contribution in [2.24, 2.45) is 0 Å². The van der Waals surface area contributed by atoms with Crippen molar-refractivity contribution >= 4 is 28.0 Å². The van der Waals surface area contributed by atoms with Crippen LogP contribution in [0.2, 0.25) is 26.2 Å². The zero-order chi connectivity index (χ0) is 19.9. The summed E-state index contributed by atoms with van der Waals surface area (Å²) >= 11 is 0. The van der Waals surface area contributed by atoms with Gasteiger partial charge >= 0.3 is 0 Å². The first kappa shape index (κ1) is 20.0. The van der Waals surface area contributed by atoms with Crippen LogP contribution in [0.25, 0.3) is 0 Å². The van der Waals surface area contributed by atoms with Gasteiger partial charge in [-0.1, -0.05) is 86.3 Å². The Morgan fingerprint density at radius 1 is 0.464 bits per heavy atom. The van der Waals surface area contributed by atoms with Gasteiger partial charge in [0.05, 0.1) is 17.6 Å². The highest BCUT2D eigenvalue weighted by Crippen LogP contribution is 2.04. The lowest BCUT2D eigenvalue weighted by Crippen LogP contribution is -2.25. The molecule has 0 aliphatic heterocycles. The minimum Gasteiger partial charge on any atom is -0.0682 e. The van der Waals surface area contributed by atoms with Crippen LogP contribution in [0.4, 0.5) is 0 Å². The molecule has 0 aromatic heterocycles. The van der Waals surface area contributed by atoms with E-state index in [1.54, 1.807) is 0 Å². The van der Waals surface area contributed by atoms with Gasteiger partial charge in [-0.3, -0.25) is 0 Å². The first-order valence-electron chi connectivity index (χ1n) is 9.86. The molecule has 0 saturated heterocycles. The second-order valence-corrected chi connectivity index (χ2v) is 13.4. The molecule has 28 heavy (non-hydrogen) atoms. The van der Waals surface area contributed by atoms with Crippen LogP contribution in [-0.4, -0.2) is 17.6 Å². The SMILES string of the molecule is C[SiH](C)c1ccccc1C#Cc1ccc(C#Cc2ccccc2[SiH](C)C)cc1. The van der Waals surface area contributed by atoms with Gasteiger partial charge in [0, 0.05) is 22.3 Å². The summed E-state index contributed by atoms with van der Waals surface area (Å²) in [6, 6.07) is 25.3. The average molecular weight is 395 g/mol. The highest BCUT2D eigenvalue weighted by atomic mass is 28.3. The van der Waals surface area contributed by atoms with Crippen molar-refractivity contribution in [2.45, 2.75) is 26.2 Å². The highest BCUT2D eigenvalue weighted by Gasteiger charge is 2.05. The fourth-order valence-electron chi connectivity index (χ4n) is 3.14. The lowest BCUT2D eigenvalue weighted by Gasteiger charge is -2.06. The lowest BCUT2D eigenvalue weighted by molar-refractivity contribution is 1.59. The van der Waals surface area contributed by atoms with E-state index >= 15 is 0 Å². The van der Waals surface area contributed by atoms with Crippen LogP contribution in [0, 0.1) is 23.7 Å². The van der Waals surface area contributed by atoms with Gasteiger partial charge in [0.15, 0.2) is 0 Å². The highest BCUT2D eigenvalue weighted by molar-refractivity contribution is 6.71. The summed E-state index contributed by atoms with van der Waals surface area (Å²) < 4.78 is 0. The third-order valence-electron chi connectivity index (χ3n) is 4.73. The molecule has 0 aliphatic rings. The van der Waals surface area contributed by atoms with Gasteiger partial charge in [0.25, 0.3) is 0 Å². The Labute approximate surface area is 172 Å². The summed E-state index contributed by atoms with van der Waals surface area (Å²) in [5.41, 5.74) is 4.39. The van der Waals surface area contributed by atoms with Crippen molar-refractivity contribution in [3.8, 4) is 23.7 Å². The molecule has 0 unspecified atom stereocenters. The Hall–Kier alpha value is -2.79. The van der Waals surface area contributed by atoms with Crippen molar-refractivity contribution in [3.05, 3.63) is 95.1 Å². The molecule has 0 N–H and O–H groups in total. The molecule has 0 amide bonds. The summed E-state index contributed by atoms with van der Waals surface area (Å²) in [6.07, 6.45) is 0. The lowest BCUT2D eigenvalue weighted by atomic mass is 10.1. The molecular weight excluding hydrogens is 368 g/mol. The van der Waals surface area contributed by atoms with Crippen molar-refractivity contribution < 1.29 is 0 Å². The molecule has 0 radical (unpaired) electrons. The molecule has 0 saturated carbocycles. The summed E-state index contributed by atoms with van der Waals surface area (Å²) in [5.74, 6) is 13.3. The van der Waals surface area contributed by atoms with Crippen LogP contribution in [-0.2, 0) is 0 Å². The number of benzene rings is 3. The molecule has 0 atom stereocenters. The van der Waals surface area contributed by atoms with Crippen molar-refractivity contribution in [1.82, 2.24) is 0 Å². The van der Waals surface area contributed by atoms with Gasteiger partial charge in [-0.15, -0.1) is 0 Å². The average Bonchev–Trinajstić information content (AvgIpc) is 2.71. The molecular formula is C26H26Si2. The molecule has 0 spiro atoms. The maximum absolute atomic E-state index is 3.36. The van der Waals surface area contributed by atoms with E-state index < -0.39 is 17.6 Å². The van der Waals surface area contributed by atoms with Gasteiger partial charge in [-0.25, -0.2) is 0 Å². The van der Waals surface area contributed by atoms with E-state index in [-0.39, 0.29) is 0 Å². The van der Waals surface area contributed by atoms with Gasteiger partial charge < -0.3 is 0 Å². The smallest absolute Gasteiger partial charge is 0.0663 e. The van der Waals surface area contributed by atoms with Crippen LogP contribution >= 0.6 is 0 Å². The summed E-state index contributed by atoms with van der Waals surface area (Å²) in [4.78, 5) is 0. The molecule has 3 aromatic carbocycles. The van der Waals surface area contributed by atoms with Crippen molar-refractivity contribution in [1.29, 1.82) is 0 Å². The molecule has 3 rings (SSSR count). The normalized spacial score (nSPS) is 10.2. The number of rotatable bonds is 2. The maximum atomic E-state index is 3.36. The van der Waals surface area contributed by atoms with E-state index in [1.165, 1.54) is 21.5 Å². The first-order valence-corrected chi connectivity index (χ1v) is 15.6. The summed E-state index contributed by atoms with van der Waals surface area (Å²) in [6.45, 7) is 9.36. The Morgan fingerprint density at radius 3 is 1.18 bits per heavy atom. The molecule has 0 aliphatic carbocycles. The predicted molar refractivity (Wildman–Crippen MR) is 128 cm³/mol. The minimum absolute atomic E-state index is 0.871. The largest absolute Gasteiger partial charge is 0.0682 e. The zero-order valence-corrected chi connectivity index (χ0v) is 19.4. The number of hydrogen-bond donors (Lipinski definition) is 0. The quantitative estimate of drug-likeness (QED) is 0.457. The van der Waals surface area contributed by atoms with E-state index in [0.717, 1.165) is 11.1 Å². The Balaban J connectivity index is 1.80. The van der Waals surface area contributed by atoms with Crippen LogP contribution in [0.15, 0.2) is 72.8 Å². The molecule has 0 nitrogen and oxygen atoms in total. The third kappa shape index (κ3) is 5.14. The zero-order valence-electron chi connectivity index (χ0n) is 17.1. The Kier molecular flexibility index (Phi) is 6.72. The molecule has 2 heteroatoms. The van der Waals surface area contributed by atoms with E-state index in [0.29, 0.717) is 0 Å². The topological polar surface area (TPSA) is 0 Å². The van der Waals surface area contributed by atoms with Crippen molar-refractivity contribution in [3.63, 3.8) is 0 Å². The van der Waals surface area contributed by atoms with E-state index in [2.05, 4.69) is 123 Å². The third-order valence-corrected chi connectivity index (χ3v) is 8.23. The maximum Gasteiger partial charge on any atom is 0.0663 e. The monoisotopic (exact) mass is 394 g/mol. The molecule has 3 aromatic rings. The fraction of sp³-hybridized carbons (Fsp3) is 0.154. The Morgan fingerprint density at radius 2 is 0.821 bits per heavy atom. The first-order chi connectivity index (χ1) is 13.5. The second kappa shape index (κ2) is 9.42. The van der Waals surface area contributed by atoms with Crippen molar-refractivity contribution in [2.75, 3.05) is 0 Å². The van der Waals surface area contributed by atoms with E-state index in [9.17, 15) is 0 Å². The standard InChI is InChI=1S/C26H26Si2/c1-27(2)25-11-7-5-9-23(25)19-17-21-13-15-22(16-14-21)18-20-24-10-6-8-12-26(24)28(3)4/h5-16,27-28H,1-4H3. The van der Waals surface area contributed by atoms with Crippen LogP contribution in [0.5, 0.6) is 0 Å². The van der Waals surface area contributed by atoms with Gasteiger partial charge in [0.2, 0.25) is 0 Å².